The first-order valence-corrected chi connectivity index (χ1v) is 8.94. The van der Waals surface area contributed by atoms with Crippen LogP contribution in [-0.2, 0) is 6.54 Å². The molecule has 2 N–H and O–H groups in total. The van der Waals surface area contributed by atoms with Crippen LogP contribution in [0.1, 0.15) is 23.4 Å². The number of benzene rings is 1. The van der Waals surface area contributed by atoms with Crippen LogP contribution in [0, 0.1) is 5.82 Å². The van der Waals surface area contributed by atoms with E-state index >= 15 is 0 Å². The second-order valence-corrected chi connectivity index (χ2v) is 6.72. The summed E-state index contributed by atoms with van der Waals surface area (Å²) in [7, 11) is 4.04. The van der Waals surface area contributed by atoms with E-state index in [9.17, 15) is 4.39 Å². The van der Waals surface area contributed by atoms with Gasteiger partial charge in [-0.3, -0.25) is 0 Å². The quantitative estimate of drug-likeness (QED) is 0.596. The highest BCUT2D eigenvalue weighted by molar-refractivity contribution is 7.09. The van der Waals surface area contributed by atoms with Gasteiger partial charge in [-0.15, -0.1) is 11.3 Å². The van der Waals surface area contributed by atoms with Gasteiger partial charge in [0.05, 0.1) is 12.6 Å². The highest BCUT2D eigenvalue weighted by Gasteiger charge is 2.14. The van der Waals surface area contributed by atoms with E-state index in [1.165, 1.54) is 17.0 Å². The molecule has 0 spiro atoms. The lowest BCUT2D eigenvalue weighted by atomic mass is 10.1. The summed E-state index contributed by atoms with van der Waals surface area (Å²) in [6.45, 7) is 4.20. The summed E-state index contributed by atoms with van der Waals surface area (Å²) < 4.78 is 13.1. The molecule has 0 bridgehead atoms. The van der Waals surface area contributed by atoms with Crippen LogP contribution in [0.25, 0.3) is 0 Å². The SMILES string of the molecule is CCNC(=NCc1cccs1)NCC(c1ccc(F)cc1)N(C)C. The first-order chi connectivity index (χ1) is 11.6. The molecular weight excluding hydrogens is 323 g/mol. The molecule has 0 aliphatic carbocycles. The average molecular weight is 348 g/mol. The zero-order valence-corrected chi connectivity index (χ0v) is 15.2. The zero-order valence-electron chi connectivity index (χ0n) is 14.4. The van der Waals surface area contributed by atoms with Crippen molar-refractivity contribution in [2.24, 2.45) is 4.99 Å². The maximum atomic E-state index is 13.1. The molecule has 1 heterocycles. The summed E-state index contributed by atoms with van der Waals surface area (Å²) in [6, 6.07) is 10.9. The van der Waals surface area contributed by atoms with E-state index in [0.29, 0.717) is 13.1 Å². The molecule has 0 aliphatic heterocycles. The van der Waals surface area contributed by atoms with Crippen LogP contribution < -0.4 is 10.6 Å². The normalized spacial score (nSPS) is 13.1. The van der Waals surface area contributed by atoms with Crippen molar-refractivity contribution in [3.63, 3.8) is 0 Å². The second-order valence-electron chi connectivity index (χ2n) is 5.69. The van der Waals surface area contributed by atoms with Gasteiger partial charge >= 0.3 is 0 Å². The van der Waals surface area contributed by atoms with Crippen LogP contribution in [0.15, 0.2) is 46.8 Å². The van der Waals surface area contributed by atoms with Gasteiger partial charge < -0.3 is 15.5 Å². The lowest BCUT2D eigenvalue weighted by Gasteiger charge is -2.26. The maximum absolute atomic E-state index is 13.1. The summed E-state index contributed by atoms with van der Waals surface area (Å²) in [6.07, 6.45) is 0. The molecule has 1 aromatic heterocycles. The Bertz CT molecular complexity index is 623. The molecule has 2 aromatic rings. The van der Waals surface area contributed by atoms with Crippen LogP contribution in [-0.4, -0.2) is 38.0 Å². The lowest BCUT2D eigenvalue weighted by molar-refractivity contribution is 0.298. The van der Waals surface area contributed by atoms with Gasteiger partial charge in [0.1, 0.15) is 5.82 Å². The summed E-state index contributed by atoms with van der Waals surface area (Å²) in [4.78, 5) is 7.97. The highest BCUT2D eigenvalue weighted by atomic mass is 32.1. The number of hydrogen-bond donors (Lipinski definition) is 2. The number of likely N-dealkylation sites (N-methyl/N-ethyl adjacent to an activating group) is 1. The maximum Gasteiger partial charge on any atom is 0.191 e. The van der Waals surface area contributed by atoms with Gasteiger partial charge in [0.25, 0.3) is 0 Å². The van der Waals surface area contributed by atoms with Crippen molar-refractivity contribution in [1.29, 1.82) is 0 Å². The molecule has 0 fully saturated rings. The fourth-order valence-corrected chi connectivity index (χ4v) is 3.01. The monoisotopic (exact) mass is 348 g/mol. The zero-order chi connectivity index (χ0) is 17.4. The van der Waals surface area contributed by atoms with Crippen LogP contribution in [0.5, 0.6) is 0 Å². The first kappa shape index (κ1) is 18.4. The van der Waals surface area contributed by atoms with E-state index in [-0.39, 0.29) is 11.9 Å². The third kappa shape index (κ3) is 5.62. The number of halogens is 1. The number of thiophene rings is 1. The Labute approximate surface area is 147 Å². The number of nitrogens with one attached hydrogen (secondary N) is 2. The molecule has 1 aromatic carbocycles. The van der Waals surface area contributed by atoms with Crippen molar-refractivity contribution in [2.75, 3.05) is 27.2 Å². The van der Waals surface area contributed by atoms with Crippen molar-refractivity contribution in [3.05, 3.63) is 58.0 Å². The summed E-state index contributed by atoms with van der Waals surface area (Å²) >= 11 is 1.70. The average Bonchev–Trinajstić information content (AvgIpc) is 3.07. The Balaban J connectivity index is 2.01. The van der Waals surface area contributed by atoms with E-state index in [1.54, 1.807) is 11.3 Å². The topological polar surface area (TPSA) is 39.7 Å². The third-order valence-electron chi connectivity index (χ3n) is 3.66. The van der Waals surface area contributed by atoms with Gasteiger partial charge in [-0.25, -0.2) is 9.38 Å². The smallest absolute Gasteiger partial charge is 0.191 e. The molecular formula is C18H25FN4S. The van der Waals surface area contributed by atoms with Crippen LogP contribution >= 0.6 is 11.3 Å². The van der Waals surface area contributed by atoms with Gasteiger partial charge in [0.2, 0.25) is 0 Å². The summed E-state index contributed by atoms with van der Waals surface area (Å²) in [5.41, 5.74) is 1.07. The van der Waals surface area contributed by atoms with E-state index in [4.69, 9.17) is 0 Å². The van der Waals surface area contributed by atoms with Gasteiger partial charge in [-0.1, -0.05) is 18.2 Å². The molecule has 4 nitrogen and oxygen atoms in total. The van der Waals surface area contributed by atoms with Gasteiger partial charge in [0, 0.05) is 18.0 Å². The van der Waals surface area contributed by atoms with E-state index < -0.39 is 0 Å². The Kier molecular flexibility index (Phi) is 7.21. The minimum atomic E-state index is -0.213. The summed E-state index contributed by atoms with van der Waals surface area (Å²) in [5, 5.41) is 8.71. The number of hydrogen-bond acceptors (Lipinski definition) is 3. The van der Waals surface area contributed by atoms with E-state index in [1.807, 2.05) is 39.2 Å². The fraction of sp³-hybridized carbons (Fsp3) is 0.389. The Hall–Kier alpha value is -1.92. The molecule has 0 amide bonds. The number of aliphatic imine (C=N–C) groups is 1. The minimum absolute atomic E-state index is 0.135. The molecule has 24 heavy (non-hydrogen) atoms. The van der Waals surface area contributed by atoms with Crippen LogP contribution in [0.3, 0.4) is 0 Å². The number of rotatable bonds is 7. The predicted octanol–water partition coefficient (Wildman–Crippen LogP) is 3.25. The molecule has 0 saturated heterocycles. The number of nitrogens with zero attached hydrogens (tertiary/aromatic N) is 2. The lowest BCUT2D eigenvalue weighted by Crippen LogP contribution is -2.41. The fourth-order valence-electron chi connectivity index (χ4n) is 2.38. The summed E-state index contributed by atoms with van der Waals surface area (Å²) in [5.74, 6) is 0.579. The minimum Gasteiger partial charge on any atom is -0.357 e. The molecule has 0 radical (unpaired) electrons. The van der Waals surface area contributed by atoms with Crippen molar-refractivity contribution < 1.29 is 4.39 Å². The molecule has 6 heteroatoms. The third-order valence-corrected chi connectivity index (χ3v) is 4.52. The van der Waals surface area contributed by atoms with Gasteiger partial charge in [-0.2, -0.15) is 0 Å². The molecule has 1 atom stereocenters. The van der Waals surface area contributed by atoms with E-state index in [2.05, 4.69) is 32.0 Å². The van der Waals surface area contributed by atoms with Crippen LogP contribution in [0.4, 0.5) is 4.39 Å². The van der Waals surface area contributed by atoms with Crippen LogP contribution in [0.2, 0.25) is 0 Å². The molecule has 1 unspecified atom stereocenters. The molecule has 130 valence electrons. The largest absolute Gasteiger partial charge is 0.357 e. The van der Waals surface area contributed by atoms with Gasteiger partial charge in [-0.05, 0) is 50.2 Å². The molecule has 0 aliphatic rings. The Morgan fingerprint density at radius 3 is 2.54 bits per heavy atom. The van der Waals surface area contributed by atoms with Crippen molar-refractivity contribution in [2.45, 2.75) is 19.5 Å². The number of guanidine groups is 1. The van der Waals surface area contributed by atoms with Crippen molar-refractivity contribution >= 4 is 17.3 Å². The molecule has 2 rings (SSSR count). The second kappa shape index (κ2) is 9.39. The van der Waals surface area contributed by atoms with Crippen molar-refractivity contribution in [3.8, 4) is 0 Å². The Morgan fingerprint density at radius 1 is 1.21 bits per heavy atom. The van der Waals surface area contributed by atoms with E-state index in [0.717, 1.165) is 18.1 Å². The standard InChI is InChI=1S/C18H25FN4S/c1-4-20-18(21-12-16-6-5-11-24-16)22-13-17(23(2)3)14-7-9-15(19)10-8-14/h5-11,17H,4,12-13H2,1-3H3,(H2,20,21,22). The first-order valence-electron chi connectivity index (χ1n) is 8.06. The predicted molar refractivity (Wildman–Crippen MR) is 100.0 cm³/mol. The van der Waals surface area contributed by atoms with Gasteiger partial charge in [0.15, 0.2) is 5.96 Å². The highest BCUT2D eigenvalue weighted by Crippen LogP contribution is 2.17. The van der Waals surface area contributed by atoms with Crippen molar-refractivity contribution in [1.82, 2.24) is 15.5 Å². The molecule has 0 saturated carbocycles. The Morgan fingerprint density at radius 2 is 1.96 bits per heavy atom.